The molecule has 0 saturated carbocycles. The molecule has 0 bridgehead atoms. The summed E-state index contributed by atoms with van der Waals surface area (Å²) in [5.41, 5.74) is 3.59. The number of hydrogen-bond donors (Lipinski definition) is 1. The molecule has 0 spiro atoms. The lowest BCUT2D eigenvalue weighted by molar-refractivity contribution is 0.442. The Balaban J connectivity index is 2.37. The Bertz CT molecular complexity index is 505. The van der Waals surface area contributed by atoms with Crippen molar-refractivity contribution in [2.75, 3.05) is 6.54 Å². The molecular formula is C15H20N2O. The highest BCUT2D eigenvalue weighted by atomic mass is 16.3. The van der Waals surface area contributed by atoms with Crippen molar-refractivity contribution in [2.45, 2.75) is 33.2 Å². The molecule has 0 aromatic carbocycles. The molecule has 0 aliphatic rings. The zero-order chi connectivity index (χ0) is 13.0. The van der Waals surface area contributed by atoms with Gasteiger partial charge in [0.1, 0.15) is 5.76 Å². The Morgan fingerprint density at radius 1 is 1.28 bits per heavy atom. The van der Waals surface area contributed by atoms with E-state index in [0.29, 0.717) is 0 Å². The highest BCUT2D eigenvalue weighted by molar-refractivity contribution is 5.33. The van der Waals surface area contributed by atoms with Crippen LogP contribution in [0.2, 0.25) is 0 Å². The van der Waals surface area contributed by atoms with Crippen molar-refractivity contribution in [2.24, 2.45) is 0 Å². The molecule has 2 aromatic rings. The summed E-state index contributed by atoms with van der Waals surface area (Å²) in [6, 6.07) is 4.13. The molecule has 0 saturated heterocycles. The second kappa shape index (κ2) is 5.83. The number of furan rings is 1. The highest BCUT2D eigenvalue weighted by Crippen LogP contribution is 2.27. The summed E-state index contributed by atoms with van der Waals surface area (Å²) in [4.78, 5) is 4.23. The van der Waals surface area contributed by atoms with E-state index in [4.69, 9.17) is 4.42 Å². The molecule has 2 aromatic heterocycles. The van der Waals surface area contributed by atoms with Crippen molar-refractivity contribution >= 4 is 0 Å². The van der Waals surface area contributed by atoms with Gasteiger partial charge < -0.3 is 9.73 Å². The van der Waals surface area contributed by atoms with Gasteiger partial charge in [-0.05, 0) is 55.6 Å². The van der Waals surface area contributed by atoms with E-state index < -0.39 is 0 Å². The SMILES string of the molecule is CCCNC(c1cnccc1C)c1occc1C. The van der Waals surface area contributed by atoms with Crippen LogP contribution in [0.5, 0.6) is 0 Å². The molecular weight excluding hydrogens is 224 g/mol. The van der Waals surface area contributed by atoms with E-state index in [2.05, 4.69) is 31.1 Å². The van der Waals surface area contributed by atoms with E-state index in [1.165, 1.54) is 16.7 Å². The number of pyridine rings is 1. The Morgan fingerprint density at radius 2 is 2.11 bits per heavy atom. The largest absolute Gasteiger partial charge is 0.467 e. The molecule has 0 radical (unpaired) electrons. The first-order valence-electron chi connectivity index (χ1n) is 6.42. The Morgan fingerprint density at radius 3 is 2.72 bits per heavy atom. The highest BCUT2D eigenvalue weighted by Gasteiger charge is 2.20. The van der Waals surface area contributed by atoms with Gasteiger partial charge in [0, 0.05) is 12.4 Å². The van der Waals surface area contributed by atoms with Crippen LogP contribution in [-0.2, 0) is 0 Å². The second-order valence-corrected chi connectivity index (χ2v) is 4.59. The van der Waals surface area contributed by atoms with Crippen molar-refractivity contribution in [3.63, 3.8) is 0 Å². The first-order valence-corrected chi connectivity index (χ1v) is 6.42. The van der Waals surface area contributed by atoms with E-state index in [1.54, 1.807) is 6.26 Å². The number of aryl methyl sites for hydroxylation is 2. The van der Waals surface area contributed by atoms with E-state index >= 15 is 0 Å². The van der Waals surface area contributed by atoms with Crippen molar-refractivity contribution in [1.29, 1.82) is 0 Å². The topological polar surface area (TPSA) is 38.1 Å². The first-order chi connectivity index (χ1) is 8.74. The quantitative estimate of drug-likeness (QED) is 0.876. The third-order valence-corrected chi connectivity index (χ3v) is 3.15. The second-order valence-electron chi connectivity index (χ2n) is 4.59. The molecule has 1 atom stereocenters. The molecule has 1 unspecified atom stereocenters. The van der Waals surface area contributed by atoms with Gasteiger partial charge in [0.2, 0.25) is 0 Å². The molecule has 0 aliphatic carbocycles. The molecule has 18 heavy (non-hydrogen) atoms. The molecule has 3 heteroatoms. The summed E-state index contributed by atoms with van der Waals surface area (Å²) in [7, 11) is 0. The first kappa shape index (κ1) is 12.8. The van der Waals surface area contributed by atoms with Crippen LogP contribution in [0, 0.1) is 13.8 Å². The average molecular weight is 244 g/mol. The zero-order valence-electron chi connectivity index (χ0n) is 11.2. The summed E-state index contributed by atoms with van der Waals surface area (Å²) < 4.78 is 5.64. The molecule has 0 fully saturated rings. The molecule has 1 N–H and O–H groups in total. The fraction of sp³-hybridized carbons (Fsp3) is 0.400. The maximum atomic E-state index is 5.64. The van der Waals surface area contributed by atoms with Crippen molar-refractivity contribution < 1.29 is 4.42 Å². The van der Waals surface area contributed by atoms with Crippen molar-refractivity contribution in [3.8, 4) is 0 Å². The molecule has 0 amide bonds. The number of aromatic nitrogens is 1. The van der Waals surface area contributed by atoms with Crippen LogP contribution in [0.4, 0.5) is 0 Å². The minimum absolute atomic E-state index is 0.0913. The monoisotopic (exact) mass is 244 g/mol. The van der Waals surface area contributed by atoms with Gasteiger partial charge in [-0.2, -0.15) is 0 Å². The predicted octanol–water partition coefficient (Wildman–Crippen LogP) is 3.38. The lowest BCUT2D eigenvalue weighted by atomic mass is 9.99. The predicted molar refractivity (Wildman–Crippen MR) is 72.6 cm³/mol. The van der Waals surface area contributed by atoms with Crippen LogP contribution >= 0.6 is 0 Å². The minimum atomic E-state index is 0.0913. The summed E-state index contributed by atoms with van der Waals surface area (Å²) >= 11 is 0. The van der Waals surface area contributed by atoms with Gasteiger partial charge in [-0.1, -0.05) is 6.92 Å². The zero-order valence-corrected chi connectivity index (χ0v) is 11.2. The molecule has 96 valence electrons. The van der Waals surface area contributed by atoms with Crippen LogP contribution < -0.4 is 5.32 Å². The Hall–Kier alpha value is -1.61. The van der Waals surface area contributed by atoms with Gasteiger partial charge in [-0.25, -0.2) is 0 Å². The van der Waals surface area contributed by atoms with Crippen molar-refractivity contribution in [3.05, 3.63) is 53.2 Å². The molecule has 0 aliphatic heterocycles. The average Bonchev–Trinajstić information content (AvgIpc) is 2.78. The molecule has 2 rings (SSSR count). The lowest BCUT2D eigenvalue weighted by Gasteiger charge is -2.19. The molecule has 2 heterocycles. The van der Waals surface area contributed by atoms with E-state index in [9.17, 15) is 0 Å². The summed E-state index contributed by atoms with van der Waals surface area (Å²) in [6.07, 6.45) is 6.59. The van der Waals surface area contributed by atoms with Gasteiger partial charge in [-0.3, -0.25) is 4.98 Å². The van der Waals surface area contributed by atoms with E-state index in [0.717, 1.165) is 18.7 Å². The third kappa shape index (κ3) is 2.62. The normalized spacial score (nSPS) is 12.6. The standard InChI is InChI=1S/C15H20N2O/c1-4-7-17-14(15-12(3)6-9-18-15)13-10-16-8-5-11(13)2/h5-6,8-10,14,17H,4,7H2,1-3H3. The lowest BCUT2D eigenvalue weighted by Crippen LogP contribution is -2.24. The van der Waals surface area contributed by atoms with E-state index in [1.807, 2.05) is 24.5 Å². The Kier molecular flexibility index (Phi) is 4.15. The van der Waals surface area contributed by atoms with Crippen LogP contribution in [0.25, 0.3) is 0 Å². The number of hydrogen-bond acceptors (Lipinski definition) is 3. The number of nitrogens with zero attached hydrogens (tertiary/aromatic N) is 1. The molecule has 3 nitrogen and oxygen atoms in total. The fourth-order valence-electron chi connectivity index (χ4n) is 2.09. The third-order valence-electron chi connectivity index (χ3n) is 3.15. The van der Waals surface area contributed by atoms with E-state index in [-0.39, 0.29) is 6.04 Å². The van der Waals surface area contributed by atoms with Crippen LogP contribution in [0.15, 0.2) is 35.2 Å². The maximum absolute atomic E-state index is 5.64. The summed E-state index contributed by atoms with van der Waals surface area (Å²) in [5, 5.41) is 3.54. The van der Waals surface area contributed by atoms with Crippen molar-refractivity contribution in [1.82, 2.24) is 10.3 Å². The number of rotatable bonds is 5. The Labute approximate surface area is 108 Å². The van der Waals surface area contributed by atoms with Gasteiger partial charge in [0.25, 0.3) is 0 Å². The van der Waals surface area contributed by atoms with Crippen LogP contribution in [-0.4, -0.2) is 11.5 Å². The maximum Gasteiger partial charge on any atom is 0.128 e. The van der Waals surface area contributed by atoms with Gasteiger partial charge in [0.15, 0.2) is 0 Å². The fourth-order valence-corrected chi connectivity index (χ4v) is 2.09. The van der Waals surface area contributed by atoms with Gasteiger partial charge in [-0.15, -0.1) is 0 Å². The summed E-state index contributed by atoms with van der Waals surface area (Å²) in [5.74, 6) is 0.986. The smallest absolute Gasteiger partial charge is 0.128 e. The van der Waals surface area contributed by atoms with Crippen LogP contribution in [0.1, 0.15) is 41.8 Å². The van der Waals surface area contributed by atoms with Crippen LogP contribution in [0.3, 0.4) is 0 Å². The van der Waals surface area contributed by atoms with Gasteiger partial charge in [0.05, 0.1) is 12.3 Å². The number of nitrogens with one attached hydrogen (secondary N) is 1. The summed E-state index contributed by atoms with van der Waals surface area (Å²) in [6.45, 7) is 7.30. The minimum Gasteiger partial charge on any atom is -0.467 e. The van der Waals surface area contributed by atoms with Gasteiger partial charge >= 0.3 is 0 Å².